The molecule has 0 bridgehead atoms. The summed E-state index contributed by atoms with van der Waals surface area (Å²) < 4.78 is 12.3. The van der Waals surface area contributed by atoms with Crippen LogP contribution in [-0.4, -0.2) is 4.21 Å². The second-order valence-corrected chi connectivity index (χ2v) is 5.88. The Labute approximate surface area is 110 Å². The first-order chi connectivity index (χ1) is 8.58. The molecular weight excluding hydrogens is 242 g/mol. The van der Waals surface area contributed by atoms with Gasteiger partial charge in [-0.3, -0.25) is 4.21 Å². The highest BCUT2D eigenvalue weighted by Gasteiger charge is 2.09. The van der Waals surface area contributed by atoms with Gasteiger partial charge >= 0.3 is 0 Å². The van der Waals surface area contributed by atoms with Crippen molar-refractivity contribution in [2.75, 3.05) is 5.73 Å². The third-order valence-corrected chi connectivity index (χ3v) is 4.39. The number of rotatable bonds is 3. The van der Waals surface area contributed by atoms with Crippen molar-refractivity contribution < 1.29 is 4.21 Å². The second-order valence-electron chi connectivity index (χ2n) is 4.46. The molecule has 0 aliphatic carbocycles. The van der Waals surface area contributed by atoms with Crippen molar-refractivity contribution in [3.63, 3.8) is 0 Å². The van der Waals surface area contributed by atoms with Crippen LogP contribution in [0.1, 0.15) is 16.7 Å². The van der Waals surface area contributed by atoms with Gasteiger partial charge in [0.05, 0.1) is 21.4 Å². The number of nitrogens with two attached hydrogens (primary N) is 1. The van der Waals surface area contributed by atoms with Crippen LogP contribution in [0.15, 0.2) is 47.4 Å². The van der Waals surface area contributed by atoms with E-state index in [1.165, 1.54) is 11.1 Å². The minimum atomic E-state index is -1.09. The summed E-state index contributed by atoms with van der Waals surface area (Å²) in [4.78, 5) is 0.721. The van der Waals surface area contributed by atoms with E-state index in [9.17, 15) is 4.21 Å². The smallest absolute Gasteiger partial charge is 0.0620 e. The number of hydrogen-bond donors (Lipinski definition) is 1. The number of nitrogen functional groups attached to an aromatic ring is 1. The lowest BCUT2D eigenvalue weighted by molar-refractivity contribution is 0.683. The van der Waals surface area contributed by atoms with E-state index in [0.29, 0.717) is 11.4 Å². The lowest BCUT2D eigenvalue weighted by Crippen LogP contribution is -2.02. The summed E-state index contributed by atoms with van der Waals surface area (Å²) in [6.07, 6.45) is 0. The van der Waals surface area contributed by atoms with Crippen LogP contribution in [0, 0.1) is 13.8 Å². The molecule has 2 aromatic rings. The Bertz CT molecular complexity index is 593. The number of anilines is 1. The molecule has 2 N–H and O–H groups in total. The van der Waals surface area contributed by atoms with Gasteiger partial charge in [-0.1, -0.05) is 35.9 Å². The van der Waals surface area contributed by atoms with Crippen molar-refractivity contribution in [2.45, 2.75) is 24.5 Å². The maximum atomic E-state index is 12.3. The van der Waals surface area contributed by atoms with Crippen LogP contribution < -0.4 is 5.73 Å². The molecule has 0 aliphatic heterocycles. The summed E-state index contributed by atoms with van der Waals surface area (Å²) in [5, 5.41) is 0. The SMILES string of the molecule is Cc1ccc(C)c(CS(=O)c2ccccc2N)c1. The molecule has 0 aliphatic rings. The van der Waals surface area contributed by atoms with Gasteiger partial charge in [-0.15, -0.1) is 0 Å². The average molecular weight is 259 g/mol. The lowest BCUT2D eigenvalue weighted by atomic mass is 10.1. The van der Waals surface area contributed by atoms with Crippen LogP contribution in [0.25, 0.3) is 0 Å². The predicted octanol–water partition coefficient (Wildman–Crippen LogP) is 3.19. The van der Waals surface area contributed by atoms with E-state index in [2.05, 4.69) is 18.2 Å². The third-order valence-electron chi connectivity index (χ3n) is 2.96. The number of hydrogen-bond acceptors (Lipinski definition) is 2. The van der Waals surface area contributed by atoms with E-state index in [1.807, 2.05) is 32.0 Å². The Balaban J connectivity index is 2.27. The molecule has 3 heteroatoms. The highest BCUT2D eigenvalue weighted by molar-refractivity contribution is 7.84. The Hall–Kier alpha value is -1.61. The quantitative estimate of drug-likeness (QED) is 0.860. The Morgan fingerprint density at radius 3 is 2.56 bits per heavy atom. The summed E-state index contributed by atoms with van der Waals surface area (Å²) in [6.45, 7) is 4.09. The first kappa shape index (κ1) is 12.8. The summed E-state index contributed by atoms with van der Waals surface area (Å²) >= 11 is 0. The molecule has 0 spiro atoms. The topological polar surface area (TPSA) is 43.1 Å². The van der Waals surface area contributed by atoms with Gasteiger partial charge in [0.25, 0.3) is 0 Å². The zero-order chi connectivity index (χ0) is 13.1. The summed E-state index contributed by atoms with van der Waals surface area (Å²) in [5.41, 5.74) is 9.93. The number of aryl methyl sites for hydroxylation is 2. The molecular formula is C15H17NOS. The molecule has 1 unspecified atom stereocenters. The molecule has 1 atom stereocenters. The van der Waals surface area contributed by atoms with Crippen LogP contribution in [0.2, 0.25) is 0 Å². The van der Waals surface area contributed by atoms with E-state index >= 15 is 0 Å². The monoisotopic (exact) mass is 259 g/mol. The van der Waals surface area contributed by atoms with Crippen molar-refractivity contribution in [1.82, 2.24) is 0 Å². The van der Waals surface area contributed by atoms with E-state index in [-0.39, 0.29) is 0 Å². The predicted molar refractivity (Wildman–Crippen MR) is 76.9 cm³/mol. The van der Waals surface area contributed by atoms with Crippen molar-refractivity contribution in [3.8, 4) is 0 Å². The van der Waals surface area contributed by atoms with Gasteiger partial charge in [-0.05, 0) is 37.1 Å². The Morgan fingerprint density at radius 1 is 1.11 bits per heavy atom. The Morgan fingerprint density at radius 2 is 1.83 bits per heavy atom. The molecule has 0 fully saturated rings. The third kappa shape index (κ3) is 2.79. The summed E-state index contributed by atoms with van der Waals surface area (Å²) in [6, 6.07) is 13.6. The molecule has 0 saturated carbocycles. The van der Waals surface area contributed by atoms with Crippen LogP contribution in [0.3, 0.4) is 0 Å². The largest absolute Gasteiger partial charge is 0.398 e. The maximum Gasteiger partial charge on any atom is 0.0620 e. The molecule has 18 heavy (non-hydrogen) atoms. The summed E-state index contributed by atoms with van der Waals surface area (Å²) in [5.74, 6) is 0.516. The van der Waals surface area contributed by atoms with Gasteiger partial charge in [-0.2, -0.15) is 0 Å². The number of benzene rings is 2. The van der Waals surface area contributed by atoms with Crippen LogP contribution in [-0.2, 0) is 16.6 Å². The molecule has 2 aromatic carbocycles. The highest BCUT2D eigenvalue weighted by Crippen LogP contribution is 2.20. The first-order valence-electron chi connectivity index (χ1n) is 5.87. The van der Waals surface area contributed by atoms with Gasteiger partial charge in [0, 0.05) is 5.69 Å². The van der Waals surface area contributed by atoms with Crippen LogP contribution >= 0.6 is 0 Å². The molecule has 0 heterocycles. The molecule has 0 aromatic heterocycles. The average Bonchev–Trinajstić information content (AvgIpc) is 2.34. The van der Waals surface area contributed by atoms with E-state index in [4.69, 9.17) is 5.73 Å². The van der Waals surface area contributed by atoms with Gasteiger partial charge < -0.3 is 5.73 Å². The standard InChI is InChI=1S/C15H17NOS/c1-11-7-8-12(2)13(9-11)10-18(17)15-6-4-3-5-14(15)16/h3-9H,10,16H2,1-2H3. The van der Waals surface area contributed by atoms with Crippen molar-refractivity contribution in [2.24, 2.45) is 0 Å². The van der Waals surface area contributed by atoms with E-state index < -0.39 is 10.8 Å². The van der Waals surface area contributed by atoms with Crippen LogP contribution in [0.4, 0.5) is 5.69 Å². The van der Waals surface area contributed by atoms with E-state index in [1.54, 1.807) is 6.07 Å². The van der Waals surface area contributed by atoms with Gasteiger partial charge in [0.15, 0.2) is 0 Å². The highest BCUT2D eigenvalue weighted by atomic mass is 32.2. The zero-order valence-electron chi connectivity index (χ0n) is 10.6. The molecule has 0 saturated heterocycles. The molecule has 94 valence electrons. The summed E-state index contributed by atoms with van der Waals surface area (Å²) in [7, 11) is -1.09. The number of para-hydroxylation sites is 1. The van der Waals surface area contributed by atoms with Crippen LogP contribution in [0.5, 0.6) is 0 Å². The zero-order valence-corrected chi connectivity index (χ0v) is 11.5. The molecule has 2 rings (SSSR count). The van der Waals surface area contributed by atoms with Crippen molar-refractivity contribution in [1.29, 1.82) is 0 Å². The normalized spacial score (nSPS) is 12.3. The van der Waals surface area contributed by atoms with E-state index in [0.717, 1.165) is 10.5 Å². The minimum absolute atomic E-state index is 0.516. The fourth-order valence-corrected chi connectivity index (χ4v) is 3.17. The minimum Gasteiger partial charge on any atom is -0.398 e. The maximum absolute atomic E-state index is 12.3. The fourth-order valence-electron chi connectivity index (χ4n) is 1.86. The fraction of sp³-hybridized carbons (Fsp3) is 0.200. The lowest BCUT2D eigenvalue weighted by Gasteiger charge is -2.08. The van der Waals surface area contributed by atoms with Crippen molar-refractivity contribution in [3.05, 3.63) is 59.2 Å². The van der Waals surface area contributed by atoms with Crippen molar-refractivity contribution >= 4 is 16.5 Å². The first-order valence-corrected chi connectivity index (χ1v) is 7.19. The van der Waals surface area contributed by atoms with Gasteiger partial charge in [-0.25, -0.2) is 0 Å². The van der Waals surface area contributed by atoms with Gasteiger partial charge in [0.1, 0.15) is 0 Å². The Kier molecular flexibility index (Phi) is 3.82. The molecule has 0 radical (unpaired) electrons. The second kappa shape index (κ2) is 5.36. The molecule has 2 nitrogen and oxygen atoms in total. The molecule has 0 amide bonds. The van der Waals surface area contributed by atoms with Gasteiger partial charge in [0.2, 0.25) is 0 Å².